The largest absolute Gasteiger partial charge is 0.481 e. The molecule has 106 valence electrons. The number of aromatic amines is 1. The number of benzene rings is 1. The number of ether oxygens (including phenoxy) is 1. The van der Waals surface area contributed by atoms with Gasteiger partial charge in [-0.05, 0) is 18.2 Å². The lowest BCUT2D eigenvalue weighted by molar-refractivity contribution is -0.384. The standard InChI is InChI=1S/C13H11N5O3/c1-21-12-5-4-11(18(19)20)13(16-12)15-9-3-2-8-7-14-17-10(8)6-9/h2-7H,1H3,(H,14,17)(H,15,16). The number of methoxy groups -OCH3 is 1. The molecule has 8 nitrogen and oxygen atoms in total. The molecule has 0 bridgehead atoms. The van der Waals surface area contributed by atoms with Crippen LogP contribution in [0, 0.1) is 10.1 Å². The molecule has 0 saturated carbocycles. The van der Waals surface area contributed by atoms with Gasteiger partial charge in [0.25, 0.3) is 0 Å². The van der Waals surface area contributed by atoms with E-state index < -0.39 is 4.92 Å². The lowest BCUT2D eigenvalue weighted by Gasteiger charge is -2.07. The zero-order chi connectivity index (χ0) is 14.8. The number of nitrogens with zero attached hydrogens (tertiary/aromatic N) is 3. The molecular formula is C13H11N5O3. The van der Waals surface area contributed by atoms with Crippen LogP contribution in [0.1, 0.15) is 0 Å². The van der Waals surface area contributed by atoms with E-state index in [-0.39, 0.29) is 11.5 Å². The second kappa shape index (κ2) is 5.08. The predicted molar refractivity (Wildman–Crippen MR) is 76.8 cm³/mol. The van der Waals surface area contributed by atoms with Crippen LogP contribution in [0.5, 0.6) is 5.88 Å². The van der Waals surface area contributed by atoms with Crippen molar-refractivity contribution in [2.24, 2.45) is 0 Å². The monoisotopic (exact) mass is 285 g/mol. The van der Waals surface area contributed by atoms with Crippen molar-refractivity contribution in [3.05, 3.63) is 46.6 Å². The number of pyridine rings is 1. The van der Waals surface area contributed by atoms with Gasteiger partial charge in [-0.2, -0.15) is 10.1 Å². The highest BCUT2D eigenvalue weighted by Gasteiger charge is 2.16. The van der Waals surface area contributed by atoms with Crippen LogP contribution in [-0.4, -0.2) is 27.2 Å². The second-order valence-electron chi connectivity index (χ2n) is 4.28. The van der Waals surface area contributed by atoms with Gasteiger partial charge in [0.15, 0.2) is 0 Å². The molecule has 3 aromatic rings. The molecule has 21 heavy (non-hydrogen) atoms. The van der Waals surface area contributed by atoms with Gasteiger partial charge < -0.3 is 10.1 Å². The van der Waals surface area contributed by atoms with E-state index in [2.05, 4.69) is 20.5 Å². The molecule has 0 aliphatic heterocycles. The number of hydrogen-bond acceptors (Lipinski definition) is 6. The third-order valence-electron chi connectivity index (χ3n) is 2.96. The lowest BCUT2D eigenvalue weighted by Crippen LogP contribution is -2.01. The minimum atomic E-state index is -0.497. The number of H-pyrrole nitrogens is 1. The molecule has 2 aromatic heterocycles. The molecule has 0 aliphatic rings. The first-order chi connectivity index (χ1) is 10.2. The Labute approximate surface area is 118 Å². The Hall–Kier alpha value is -3.16. The molecule has 0 radical (unpaired) electrons. The van der Waals surface area contributed by atoms with Gasteiger partial charge in [0.05, 0.1) is 23.7 Å². The summed E-state index contributed by atoms with van der Waals surface area (Å²) in [4.78, 5) is 14.6. The van der Waals surface area contributed by atoms with Crippen LogP contribution in [0.3, 0.4) is 0 Å². The highest BCUT2D eigenvalue weighted by Crippen LogP contribution is 2.28. The molecule has 2 N–H and O–H groups in total. The number of nitro groups is 1. The van der Waals surface area contributed by atoms with Gasteiger partial charge in [-0.1, -0.05) is 0 Å². The van der Waals surface area contributed by atoms with Crippen molar-refractivity contribution in [3.8, 4) is 5.88 Å². The number of anilines is 2. The molecule has 8 heteroatoms. The molecule has 0 atom stereocenters. The lowest BCUT2D eigenvalue weighted by atomic mass is 10.2. The topological polar surface area (TPSA) is 106 Å². The average Bonchev–Trinajstić information content (AvgIpc) is 2.94. The maximum atomic E-state index is 11.1. The van der Waals surface area contributed by atoms with Crippen molar-refractivity contribution in [3.63, 3.8) is 0 Å². The summed E-state index contributed by atoms with van der Waals surface area (Å²) in [6, 6.07) is 8.24. The fourth-order valence-corrected chi connectivity index (χ4v) is 1.94. The highest BCUT2D eigenvalue weighted by molar-refractivity contribution is 5.83. The minimum Gasteiger partial charge on any atom is -0.481 e. The smallest absolute Gasteiger partial charge is 0.311 e. The van der Waals surface area contributed by atoms with Crippen LogP contribution in [0.4, 0.5) is 17.2 Å². The second-order valence-corrected chi connectivity index (χ2v) is 4.28. The molecular weight excluding hydrogens is 274 g/mol. The Morgan fingerprint density at radius 3 is 2.95 bits per heavy atom. The number of aromatic nitrogens is 3. The van der Waals surface area contributed by atoms with Crippen molar-refractivity contribution in [2.45, 2.75) is 0 Å². The molecule has 0 aliphatic carbocycles. The Kier molecular flexibility index (Phi) is 3.11. The Bertz CT molecular complexity index is 814. The zero-order valence-electron chi connectivity index (χ0n) is 11.0. The zero-order valence-corrected chi connectivity index (χ0v) is 11.0. The van der Waals surface area contributed by atoms with E-state index in [0.717, 1.165) is 10.9 Å². The summed E-state index contributed by atoms with van der Waals surface area (Å²) in [5, 5.41) is 21.7. The van der Waals surface area contributed by atoms with E-state index in [1.54, 1.807) is 18.3 Å². The van der Waals surface area contributed by atoms with Crippen LogP contribution < -0.4 is 10.1 Å². The summed E-state index contributed by atoms with van der Waals surface area (Å²) in [5.41, 5.74) is 1.36. The van der Waals surface area contributed by atoms with Gasteiger partial charge >= 0.3 is 5.69 Å². The average molecular weight is 285 g/mol. The number of fused-ring (bicyclic) bond motifs is 1. The first kappa shape index (κ1) is 12.9. The van der Waals surface area contributed by atoms with E-state index in [1.165, 1.54) is 19.2 Å². The highest BCUT2D eigenvalue weighted by atomic mass is 16.6. The van der Waals surface area contributed by atoms with Gasteiger partial charge in [0.2, 0.25) is 11.7 Å². The Morgan fingerprint density at radius 1 is 1.33 bits per heavy atom. The van der Waals surface area contributed by atoms with Gasteiger partial charge in [0, 0.05) is 23.2 Å². The maximum absolute atomic E-state index is 11.1. The van der Waals surface area contributed by atoms with E-state index in [1.807, 2.05) is 6.07 Å². The predicted octanol–water partition coefficient (Wildman–Crippen LogP) is 2.62. The first-order valence-electron chi connectivity index (χ1n) is 6.07. The third-order valence-corrected chi connectivity index (χ3v) is 2.96. The van der Waals surface area contributed by atoms with E-state index >= 15 is 0 Å². The number of hydrogen-bond donors (Lipinski definition) is 2. The first-order valence-corrected chi connectivity index (χ1v) is 6.07. The van der Waals surface area contributed by atoms with Crippen molar-refractivity contribution in [2.75, 3.05) is 12.4 Å². The molecule has 0 saturated heterocycles. The van der Waals surface area contributed by atoms with Crippen LogP contribution in [0.25, 0.3) is 10.9 Å². The van der Waals surface area contributed by atoms with Crippen LogP contribution in [0.15, 0.2) is 36.5 Å². The maximum Gasteiger partial charge on any atom is 0.311 e. The van der Waals surface area contributed by atoms with Crippen molar-refractivity contribution >= 4 is 28.1 Å². The third kappa shape index (κ3) is 2.46. The fraction of sp³-hybridized carbons (Fsp3) is 0.0769. The molecule has 0 amide bonds. The van der Waals surface area contributed by atoms with E-state index in [0.29, 0.717) is 11.6 Å². The van der Waals surface area contributed by atoms with Gasteiger partial charge in [0.1, 0.15) is 0 Å². The van der Waals surface area contributed by atoms with Gasteiger partial charge in [-0.3, -0.25) is 15.2 Å². The summed E-state index contributed by atoms with van der Waals surface area (Å²) in [6.45, 7) is 0. The summed E-state index contributed by atoms with van der Waals surface area (Å²) < 4.78 is 5.00. The number of nitrogens with one attached hydrogen (secondary N) is 2. The molecule has 0 fully saturated rings. The molecule has 2 heterocycles. The van der Waals surface area contributed by atoms with Gasteiger partial charge in [-0.15, -0.1) is 0 Å². The molecule has 3 rings (SSSR count). The summed E-state index contributed by atoms with van der Waals surface area (Å²) >= 11 is 0. The summed E-state index contributed by atoms with van der Waals surface area (Å²) in [5.74, 6) is 0.420. The van der Waals surface area contributed by atoms with Crippen molar-refractivity contribution < 1.29 is 9.66 Å². The Morgan fingerprint density at radius 2 is 2.19 bits per heavy atom. The normalized spacial score (nSPS) is 10.5. The van der Waals surface area contributed by atoms with Crippen molar-refractivity contribution in [1.82, 2.24) is 15.2 Å². The molecule has 1 aromatic carbocycles. The SMILES string of the molecule is COc1ccc([N+](=O)[O-])c(Nc2ccc3cn[nH]c3c2)n1. The Balaban J connectivity index is 2.00. The molecule has 0 unspecified atom stereocenters. The molecule has 0 spiro atoms. The fourth-order valence-electron chi connectivity index (χ4n) is 1.94. The minimum absolute atomic E-state index is 0.123. The van der Waals surface area contributed by atoms with Crippen LogP contribution >= 0.6 is 0 Å². The summed E-state index contributed by atoms with van der Waals surface area (Å²) in [7, 11) is 1.45. The summed E-state index contributed by atoms with van der Waals surface area (Å²) in [6.07, 6.45) is 1.70. The van der Waals surface area contributed by atoms with Crippen LogP contribution in [-0.2, 0) is 0 Å². The van der Waals surface area contributed by atoms with Gasteiger partial charge in [-0.25, -0.2) is 0 Å². The van der Waals surface area contributed by atoms with Crippen LogP contribution in [0.2, 0.25) is 0 Å². The quantitative estimate of drug-likeness (QED) is 0.563. The van der Waals surface area contributed by atoms with E-state index in [4.69, 9.17) is 4.74 Å². The number of rotatable bonds is 4. The van der Waals surface area contributed by atoms with Crippen molar-refractivity contribution in [1.29, 1.82) is 0 Å². The van der Waals surface area contributed by atoms with E-state index in [9.17, 15) is 10.1 Å².